The van der Waals surface area contributed by atoms with Gasteiger partial charge in [0.2, 0.25) is 0 Å². The summed E-state index contributed by atoms with van der Waals surface area (Å²) in [7, 11) is 0. The number of aliphatic hydroxyl groups excluding tert-OH is 10. The van der Waals surface area contributed by atoms with Crippen molar-refractivity contribution in [1.29, 1.82) is 0 Å². The van der Waals surface area contributed by atoms with Gasteiger partial charge in [-0.15, -0.1) is 6.58 Å². The Morgan fingerprint density at radius 1 is 0.447 bits per heavy atom. The van der Waals surface area contributed by atoms with Gasteiger partial charge >= 0.3 is 0 Å². The third kappa shape index (κ3) is 23.5. The molecule has 0 bridgehead atoms. The maximum absolute atomic E-state index is 10.7. The Balaban J connectivity index is -0.000000253. The second-order valence-electron chi connectivity index (χ2n) is 8.93. The Bertz CT molecular complexity index is 743. The Hall–Kier alpha value is 13.5. The molecule has 0 spiro atoms. The van der Waals surface area contributed by atoms with Crippen molar-refractivity contribution in [2.24, 2.45) is 0 Å². The summed E-state index contributed by atoms with van der Waals surface area (Å²) in [4.78, 5) is 0. The van der Waals surface area contributed by atoms with Crippen molar-refractivity contribution < 1.29 is 520 Å². The molecule has 16 nitrogen and oxygen atoms in total. The third-order valence-corrected chi connectivity index (χ3v) is 6.45. The fourth-order valence-electron chi connectivity index (χ4n) is 4.34. The van der Waals surface area contributed by atoms with E-state index in [1.165, 1.54) is 6.08 Å². The number of ether oxygens (including phenoxy) is 6. The average Bonchev–Trinajstić information content (AvgIpc) is 2.90. The molecule has 3 saturated heterocycles. The van der Waals surface area contributed by atoms with Crippen molar-refractivity contribution in [3.63, 3.8) is 0 Å². The zero-order valence-corrected chi connectivity index (χ0v) is 72.9. The first-order valence-electron chi connectivity index (χ1n) is 11.7. The van der Waals surface area contributed by atoms with Gasteiger partial charge in [0.05, 0.1) is 26.4 Å². The van der Waals surface area contributed by atoms with E-state index in [9.17, 15) is 51.1 Å². The molecule has 3 aliphatic rings. The van der Waals surface area contributed by atoms with Gasteiger partial charge in [0.15, 0.2) is 18.9 Å². The van der Waals surface area contributed by atoms with E-state index in [0.29, 0.717) is 0 Å². The predicted molar refractivity (Wildman–Crippen MR) is 115 cm³/mol. The summed E-state index contributed by atoms with van der Waals surface area (Å²) in [6.45, 7) is 1.20. The molecule has 0 aromatic heterocycles. The Morgan fingerprint density at radius 2 is 0.766 bits per heavy atom. The van der Waals surface area contributed by atoms with E-state index in [1.807, 2.05) is 0 Å². The van der Waals surface area contributed by atoms with Crippen LogP contribution in [0.2, 0.25) is 0 Å². The van der Waals surface area contributed by atoms with E-state index in [4.69, 9.17) is 28.4 Å². The number of hydrogen-bond donors (Lipinski definition) is 10. The number of rotatable bonds is 10. The van der Waals surface area contributed by atoms with Crippen LogP contribution in [0.3, 0.4) is 0 Å². The zero-order chi connectivity index (χ0) is 27.4. The topological polar surface area (TPSA) is 258 Å². The molecule has 3 aliphatic heterocycles. The molecular weight excluding hydrogens is 2780 g/mol. The first-order valence-corrected chi connectivity index (χ1v) is 11.7. The molecule has 15 atom stereocenters. The minimum absolute atomic E-state index is 0. The largest absolute Gasteiger partial charge is 0.394 e. The monoisotopic (exact) mass is 2810 g/mol. The maximum atomic E-state index is 10.7. The van der Waals surface area contributed by atoms with Gasteiger partial charge in [-0.3, -0.25) is 0 Å². The molecule has 0 amide bonds. The summed E-state index contributed by atoms with van der Waals surface area (Å²) in [5.41, 5.74) is 0. The first kappa shape index (κ1) is 77.7. The summed E-state index contributed by atoms with van der Waals surface area (Å²) >= 11 is 0. The standard InChI is InChI=1S/C21H36O16.10Ac/c1-2-3-32-19-15(30)12(27)17(8(5-23)34-19)37-21-16(31)13(28)18(9(6-24)35-21)36-20-14(29)11(26)10(25)7(4-22)33-20;;;;;;;;;;/h2,7-31H,1,3-6H2;;;;;;;;;;/t7?,8?,9?,10-,11-,12+,13+,14?,15?,16?,17-,18-,19+,20-,21-;;;;;;;;;;/m0........../s1. The fraction of sp³-hybridized carbons (Fsp3) is 0.905. The molecule has 246 valence electrons. The SMILES string of the molecule is C=CCO[C@@H]1OC(CO)[C@H](O[C@@H]2OC(CO)[C@H](O[C@@H]3OC(CO)[C@H](O)[C@H](O)C3O)[C@H](O)C2O)[C@H](O)C1O.[Ac].[Ac].[Ac].[Ac].[Ac].[Ac].[Ac].[Ac].[Ac].[Ac]. The molecule has 0 saturated carbocycles. The van der Waals surface area contributed by atoms with Crippen LogP contribution in [0.15, 0.2) is 12.7 Å². The second kappa shape index (κ2) is 42.2. The number of aliphatic hydroxyl groups is 10. The van der Waals surface area contributed by atoms with Crippen molar-refractivity contribution >= 4 is 0 Å². The normalized spacial score (nSPS) is 38.6. The van der Waals surface area contributed by atoms with Crippen LogP contribution in [0.1, 0.15) is 0 Å². The van der Waals surface area contributed by atoms with Gasteiger partial charge in [-0.1, -0.05) is 6.08 Å². The van der Waals surface area contributed by atoms with Gasteiger partial charge in [0, 0.05) is 441 Å². The van der Waals surface area contributed by atoms with Crippen molar-refractivity contribution in [3.8, 4) is 0 Å². The van der Waals surface area contributed by atoms with E-state index in [-0.39, 0.29) is 447 Å². The van der Waals surface area contributed by atoms with E-state index >= 15 is 0 Å². The summed E-state index contributed by atoms with van der Waals surface area (Å²) < 4.78 is 32.4. The molecule has 26 heteroatoms. The second-order valence-corrected chi connectivity index (χ2v) is 8.93. The van der Waals surface area contributed by atoms with Crippen molar-refractivity contribution in [2.75, 3.05) is 26.4 Å². The van der Waals surface area contributed by atoms with Gasteiger partial charge in [0.25, 0.3) is 0 Å². The van der Waals surface area contributed by atoms with E-state index in [2.05, 4.69) is 6.58 Å². The molecule has 6 unspecified atom stereocenters. The van der Waals surface area contributed by atoms with Gasteiger partial charge < -0.3 is 79.5 Å². The summed E-state index contributed by atoms with van der Waals surface area (Å²) in [6.07, 6.45) is -22.7. The quantitative estimate of drug-likeness (QED) is 0.0914. The molecule has 10 radical (unpaired) electrons. The maximum Gasteiger partial charge on any atom is 0.187 e. The summed E-state index contributed by atoms with van der Waals surface area (Å²) in [5, 5.41) is 101. The van der Waals surface area contributed by atoms with Crippen LogP contribution in [-0.2, 0) is 28.4 Å². The van der Waals surface area contributed by atoms with Crippen molar-refractivity contribution in [1.82, 2.24) is 0 Å². The van der Waals surface area contributed by atoms with Crippen LogP contribution in [-0.4, -0.2) is 170 Å². The molecule has 3 heterocycles. The molecule has 3 rings (SSSR count). The molecule has 0 aliphatic carbocycles. The van der Waals surface area contributed by atoms with Crippen LogP contribution in [0, 0.1) is 441 Å². The van der Waals surface area contributed by atoms with Crippen LogP contribution in [0.5, 0.6) is 0 Å². The smallest absolute Gasteiger partial charge is 0.187 e. The van der Waals surface area contributed by atoms with Gasteiger partial charge in [-0.25, -0.2) is 0 Å². The van der Waals surface area contributed by atoms with Crippen molar-refractivity contribution in [2.45, 2.75) is 92.1 Å². The molecule has 3 fully saturated rings. The predicted octanol–water partition coefficient (Wildman–Crippen LogP) is -6.36. The van der Waals surface area contributed by atoms with Crippen molar-refractivity contribution in [3.05, 3.63) is 12.7 Å². The zero-order valence-electron chi connectivity index (χ0n) is 25.5. The molecule has 0 aromatic rings. The molecular formula is C21H36Ac10O16. The van der Waals surface area contributed by atoms with Gasteiger partial charge in [0.1, 0.15) is 73.2 Å². The van der Waals surface area contributed by atoms with Crippen LogP contribution in [0.25, 0.3) is 0 Å². The van der Waals surface area contributed by atoms with E-state index in [0.717, 1.165) is 0 Å². The van der Waals surface area contributed by atoms with Gasteiger partial charge in [-0.2, -0.15) is 0 Å². The Labute approximate surface area is 632 Å². The summed E-state index contributed by atoms with van der Waals surface area (Å²) in [5.74, 6) is 0. The number of hydrogen-bond acceptors (Lipinski definition) is 16. The minimum Gasteiger partial charge on any atom is -0.394 e. The average molecular weight is 2810 g/mol. The first-order chi connectivity index (χ1) is 17.6. The Morgan fingerprint density at radius 3 is 1.13 bits per heavy atom. The van der Waals surface area contributed by atoms with E-state index in [1.54, 1.807) is 0 Å². The molecule has 0 aromatic carbocycles. The summed E-state index contributed by atoms with van der Waals surface area (Å²) in [6, 6.07) is 0. The van der Waals surface area contributed by atoms with Crippen LogP contribution >= 0.6 is 0 Å². The van der Waals surface area contributed by atoms with Crippen LogP contribution < -0.4 is 0 Å². The fourth-order valence-corrected chi connectivity index (χ4v) is 4.34. The third-order valence-electron chi connectivity index (χ3n) is 6.45. The molecule has 10 N–H and O–H groups in total. The van der Waals surface area contributed by atoms with Gasteiger partial charge in [-0.05, 0) is 0 Å². The van der Waals surface area contributed by atoms with Crippen LogP contribution in [0.4, 0.5) is 0 Å². The van der Waals surface area contributed by atoms with E-state index < -0.39 is 112 Å². The minimum atomic E-state index is -1.89. The Kier molecular flexibility index (Phi) is 69.7. The molecule has 47 heavy (non-hydrogen) atoms.